The zero-order chi connectivity index (χ0) is 19.2. The predicted octanol–water partition coefficient (Wildman–Crippen LogP) is 3.10. The van der Waals surface area contributed by atoms with Crippen molar-refractivity contribution in [1.29, 1.82) is 0 Å². The van der Waals surface area contributed by atoms with Crippen LogP contribution in [0.4, 0.5) is 13.2 Å². The van der Waals surface area contributed by atoms with Crippen molar-refractivity contribution in [3.63, 3.8) is 0 Å². The van der Waals surface area contributed by atoms with Crippen LogP contribution in [-0.4, -0.2) is 67.2 Å². The highest BCUT2D eigenvalue weighted by Crippen LogP contribution is 2.42. The summed E-state index contributed by atoms with van der Waals surface area (Å²) in [5, 5.41) is 7.12. The first-order valence-electron chi connectivity index (χ1n) is 9.12. The normalized spacial score (nSPS) is 29.3. The van der Waals surface area contributed by atoms with Gasteiger partial charge in [-0.1, -0.05) is 12.5 Å². The molecule has 0 aromatic rings. The molecule has 1 spiro atoms. The standard InChI is InChI=1S/C16H27NO2.C2HF3O2/c1-2-9-18-12-15-4-3-7-16(15)13-17(8-10-19-16)11-14-5-6-14;3-2(4,5)1(6)7/h2,14-15H,1,3-13H2;(H,6,7)/t15-,16+;/m0./s1. The van der Waals surface area contributed by atoms with Gasteiger partial charge in [-0.2, -0.15) is 13.2 Å². The van der Waals surface area contributed by atoms with Gasteiger partial charge in [0.25, 0.3) is 0 Å². The third-order valence-corrected chi connectivity index (χ3v) is 5.20. The van der Waals surface area contributed by atoms with E-state index in [9.17, 15) is 13.2 Å². The van der Waals surface area contributed by atoms with E-state index in [1.165, 1.54) is 38.6 Å². The van der Waals surface area contributed by atoms with Crippen molar-refractivity contribution in [1.82, 2.24) is 4.90 Å². The molecule has 0 aromatic heterocycles. The third kappa shape index (κ3) is 6.25. The van der Waals surface area contributed by atoms with E-state index < -0.39 is 12.1 Å². The first kappa shape index (κ1) is 21.2. The lowest BCUT2D eigenvalue weighted by molar-refractivity contribution is -0.192. The van der Waals surface area contributed by atoms with Gasteiger partial charge in [0.2, 0.25) is 0 Å². The summed E-state index contributed by atoms with van der Waals surface area (Å²) >= 11 is 0. The molecule has 0 bridgehead atoms. The number of rotatable bonds is 6. The first-order chi connectivity index (χ1) is 12.3. The zero-order valence-corrected chi connectivity index (χ0v) is 15.0. The Hall–Kier alpha value is -1.12. The predicted molar refractivity (Wildman–Crippen MR) is 89.9 cm³/mol. The second-order valence-corrected chi connectivity index (χ2v) is 7.31. The lowest BCUT2D eigenvalue weighted by atomic mass is 9.89. The number of halogens is 3. The van der Waals surface area contributed by atoms with Crippen molar-refractivity contribution < 1.29 is 32.5 Å². The lowest BCUT2D eigenvalue weighted by Crippen LogP contribution is -2.55. The molecule has 8 heteroatoms. The summed E-state index contributed by atoms with van der Waals surface area (Å²) in [6.45, 7) is 9.68. The smallest absolute Gasteiger partial charge is 0.475 e. The Morgan fingerprint density at radius 1 is 1.38 bits per heavy atom. The fraction of sp³-hybridized carbons (Fsp3) is 0.833. The molecule has 2 saturated carbocycles. The van der Waals surface area contributed by atoms with Gasteiger partial charge in [0.05, 0.1) is 25.4 Å². The Morgan fingerprint density at radius 3 is 2.65 bits per heavy atom. The summed E-state index contributed by atoms with van der Waals surface area (Å²) in [4.78, 5) is 11.5. The molecule has 5 nitrogen and oxygen atoms in total. The molecule has 150 valence electrons. The largest absolute Gasteiger partial charge is 0.490 e. The minimum atomic E-state index is -5.08. The molecule has 0 amide bonds. The maximum atomic E-state index is 10.6. The van der Waals surface area contributed by atoms with E-state index in [0.717, 1.165) is 32.2 Å². The van der Waals surface area contributed by atoms with Crippen molar-refractivity contribution in [2.45, 2.75) is 43.9 Å². The molecular weight excluding hydrogens is 351 g/mol. The zero-order valence-electron chi connectivity index (χ0n) is 15.0. The number of aliphatic carboxylic acids is 1. The van der Waals surface area contributed by atoms with Crippen molar-refractivity contribution in [3.8, 4) is 0 Å². The minimum Gasteiger partial charge on any atom is -0.475 e. The number of carboxylic acid groups (broad SMARTS) is 1. The van der Waals surface area contributed by atoms with Gasteiger partial charge in [-0.25, -0.2) is 4.79 Å². The number of nitrogens with zero attached hydrogens (tertiary/aromatic N) is 1. The molecule has 1 saturated heterocycles. The summed E-state index contributed by atoms with van der Waals surface area (Å²) in [6, 6.07) is 0. The molecule has 0 radical (unpaired) electrons. The number of hydrogen-bond acceptors (Lipinski definition) is 4. The average Bonchev–Trinajstić information content (AvgIpc) is 3.30. The quantitative estimate of drug-likeness (QED) is 0.568. The van der Waals surface area contributed by atoms with Crippen LogP contribution in [0.3, 0.4) is 0 Å². The molecule has 0 aromatic carbocycles. The Morgan fingerprint density at radius 2 is 2.08 bits per heavy atom. The monoisotopic (exact) mass is 379 g/mol. The Balaban J connectivity index is 0.000000298. The Labute approximate surface area is 152 Å². The average molecular weight is 379 g/mol. The van der Waals surface area contributed by atoms with E-state index in [1.807, 2.05) is 6.08 Å². The van der Waals surface area contributed by atoms with Crippen molar-refractivity contribution in [3.05, 3.63) is 12.7 Å². The molecule has 1 N–H and O–H groups in total. The highest BCUT2D eigenvalue weighted by Gasteiger charge is 2.47. The van der Waals surface area contributed by atoms with Gasteiger partial charge in [-0.3, -0.25) is 4.90 Å². The number of morpholine rings is 1. The fourth-order valence-electron chi connectivity index (χ4n) is 3.74. The van der Waals surface area contributed by atoms with E-state index >= 15 is 0 Å². The number of alkyl halides is 3. The lowest BCUT2D eigenvalue weighted by Gasteiger charge is -2.44. The Bertz CT molecular complexity index is 482. The molecule has 3 fully saturated rings. The molecule has 2 atom stereocenters. The van der Waals surface area contributed by atoms with Crippen molar-refractivity contribution >= 4 is 5.97 Å². The number of carboxylic acids is 1. The SMILES string of the molecule is C=CCOC[C@@H]1CCC[C@@]12CN(CC1CC1)CCO2.O=C(O)C(F)(F)F. The molecule has 3 rings (SSSR count). The highest BCUT2D eigenvalue weighted by molar-refractivity contribution is 5.73. The summed E-state index contributed by atoms with van der Waals surface area (Å²) in [6.07, 6.45) is 3.40. The van der Waals surface area contributed by atoms with Gasteiger partial charge in [0.15, 0.2) is 0 Å². The fourth-order valence-corrected chi connectivity index (χ4v) is 3.74. The summed E-state index contributed by atoms with van der Waals surface area (Å²) in [5.74, 6) is -1.20. The summed E-state index contributed by atoms with van der Waals surface area (Å²) < 4.78 is 43.7. The molecule has 3 aliphatic rings. The first-order valence-corrected chi connectivity index (χ1v) is 9.12. The number of carbonyl (C=O) groups is 1. The van der Waals surface area contributed by atoms with Crippen LogP contribution in [-0.2, 0) is 14.3 Å². The summed E-state index contributed by atoms with van der Waals surface area (Å²) in [7, 11) is 0. The topological polar surface area (TPSA) is 59.0 Å². The van der Waals surface area contributed by atoms with Crippen LogP contribution >= 0.6 is 0 Å². The van der Waals surface area contributed by atoms with Crippen LogP contribution < -0.4 is 0 Å². The molecule has 2 aliphatic carbocycles. The van der Waals surface area contributed by atoms with E-state index in [0.29, 0.717) is 12.5 Å². The van der Waals surface area contributed by atoms with Crippen LogP contribution in [0.1, 0.15) is 32.1 Å². The van der Waals surface area contributed by atoms with Gasteiger partial charge in [-0.15, -0.1) is 6.58 Å². The number of ether oxygens (including phenoxy) is 2. The molecule has 1 heterocycles. The maximum Gasteiger partial charge on any atom is 0.490 e. The minimum absolute atomic E-state index is 0.0916. The number of hydrogen-bond donors (Lipinski definition) is 1. The molecular formula is C18H28F3NO4. The molecule has 26 heavy (non-hydrogen) atoms. The Kier molecular flexibility index (Phi) is 7.49. The van der Waals surface area contributed by atoms with Crippen LogP contribution in [0.2, 0.25) is 0 Å². The van der Waals surface area contributed by atoms with Crippen LogP contribution in [0.25, 0.3) is 0 Å². The van der Waals surface area contributed by atoms with Crippen molar-refractivity contribution in [2.24, 2.45) is 11.8 Å². The van der Waals surface area contributed by atoms with Gasteiger partial charge >= 0.3 is 12.1 Å². The van der Waals surface area contributed by atoms with Crippen LogP contribution in [0.5, 0.6) is 0 Å². The van der Waals surface area contributed by atoms with Gasteiger partial charge in [0.1, 0.15) is 0 Å². The van der Waals surface area contributed by atoms with Gasteiger partial charge < -0.3 is 14.6 Å². The van der Waals surface area contributed by atoms with Crippen molar-refractivity contribution in [2.75, 3.05) is 39.5 Å². The van der Waals surface area contributed by atoms with E-state index in [4.69, 9.17) is 19.4 Å². The molecule has 1 aliphatic heterocycles. The van der Waals surface area contributed by atoms with E-state index in [1.54, 1.807) is 0 Å². The van der Waals surface area contributed by atoms with Gasteiger partial charge in [0, 0.05) is 25.6 Å². The summed E-state index contributed by atoms with van der Waals surface area (Å²) in [5.41, 5.74) is 0.0916. The van der Waals surface area contributed by atoms with Crippen LogP contribution in [0.15, 0.2) is 12.7 Å². The highest BCUT2D eigenvalue weighted by atomic mass is 19.4. The molecule has 0 unspecified atom stereocenters. The second kappa shape index (κ2) is 9.19. The maximum absolute atomic E-state index is 10.6. The third-order valence-electron chi connectivity index (χ3n) is 5.20. The van der Waals surface area contributed by atoms with E-state index in [-0.39, 0.29) is 5.60 Å². The van der Waals surface area contributed by atoms with Gasteiger partial charge in [-0.05, 0) is 31.6 Å². The van der Waals surface area contributed by atoms with E-state index in [2.05, 4.69) is 11.5 Å². The van der Waals surface area contributed by atoms with Crippen LogP contribution in [0, 0.1) is 11.8 Å². The second-order valence-electron chi connectivity index (χ2n) is 7.31.